The predicted octanol–water partition coefficient (Wildman–Crippen LogP) is 1.45. The molecule has 0 aliphatic heterocycles. The van der Waals surface area contributed by atoms with Gasteiger partial charge in [-0.2, -0.15) is 0 Å². The highest BCUT2D eigenvalue weighted by Crippen LogP contribution is 2.29. The van der Waals surface area contributed by atoms with Crippen LogP contribution in [0.1, 0.15) is 36.0 Å². The highest BCUT2D eigenvalue weighted by atomic mass is 16.4. The number of hydrogen-bond donors (Lipinski definition) is 4. The lowest BCUT2D eigenvalue weighted by molar-refractivity contribution is -0.158. The number of aliphatic hydroxyl groups is 3. The van der Waals surface area contributed by atoms with Crippen LogP contribution in [0.25, 0.3) is 6.08 Å². The van der Waals surface area contributed by atoms with Crippen LogP contribution in [-0.4, -0.2) is 44.2 Å². The fraction of sp³-hybridized carbons (Fsp3) is 0.421. The van der Waals surface area contributed by atoms with E-state index < -0.39 is 30.2 Å². The van der Waals surface area contributed by atoms with Crippen molar-refractivity contribution in [3.8, 4) is 0 Å². The second-order valence-electron chi connectivity index (χ2n) is 6.66. The molecule has 4 N–H and O–H groups in total. The number of aliphatic hydroxyl groups excluding tert-OH is 2. The highest BCUT2D eigenvalue weighted by Gasteiger charge is 2.43. The molecule has 0 bridgehead atoms. The zero-order valence-corrected chi connectivity index (χ0v) is 13.4. The number of benzene rings is 1. The van der Waals surface area contributed by atoms with E-state index in [-0.39, 0.29) is 5.57 Å². The fourth-order valence-electron chi connectivity index (χ4n) is 3.42. The van der Waals surface area contributed by atoms with Crippen molar-refractivity contribution in [3.63, 3.8) is 0 Å². The maximum atomic E-state index is 11.2. The molecule has 0 saturated heterocycles. The molecule has 0 fully saturated rings. The summed E-state index contributed by atoms with van der Waals surface area (Å²) in [5.41, 5.74) is 1.68. The van der Waals surface area contributed by atoms with E-state index in [0.29, 0.717) is 0 Å². The quantitative estimate of drug-likeness (QED) is 0.672. The van der Waals surface area contributed by atoms with Gasteiger partial charge in [0, 0.05) is 6.42 Å². The van der Waals surface area contributed by atoms with Gasteiger partial charge in [-0.05, 0) is 54.0 Å². The number of aryl methyl sites for hydroxylation is 2. The lowest BCUT2D eigenvalue weighted by atomic mass is 9.82. The molecule has 24 heavy (non-hydrogen) atoms. The third-order valence-corrected chi connectivity index (χ3v) is 4.84. The summed E-state index contributed by atoms with van der Waals surface area (Å²) < 4.78 is 0. The Morgan fingerprint density at radius 3 is 2.54 bits per heavy atom. The molecule has 0 saturated carbocycles. The van der Waals surface area contributed by atoms with Crippen LogP contribution in [0.15, 0.2) is 35.9 Å². The molecule has 3 atom stereocenters. The van der Waals surface area contributed by atoms with Gasteiger partial charge in [-0.25, -0.2) is 4.79 Å². The van der Waals surface area contributed by atoms with Crippen LogP contribution < -0.4 is 0 Å². The lowest BCUT2D eigenvalue weighted by Gasteiger charge is -2.32. The van der Waals surface area contributed by atoms with Crippen LogP contribution in [-0.2, 0) is 17.6 Å². The highest BCUT2D eigenvalue weighted by molar-refractivity contribution is 5.81. The van der Waals surface area contributed by atoms with Crippen molar-refractivity contribution in [2.45, 2.75) is 49.9 Å². The van der Waals surface area contributed by atoms with Crippen LogP contribution in [0.2, 0.25) is 0 Å². The second-order valence-corrected chi connectivity index (χ2v) is 6.66. The Hall–Kier alpha value is -1.95. The van der Waals surface area contributed by atoms with Gasteiger partial charge >= 0.3 is 5.97 Å². The average Bonchev–Trinajstić information content (AvgIpc) is 2.56. The second kappa shape index (κ2) is 6.51. The summed E-state index contributed by atoms with van der Waals surface area (Å²) in [6.07, 6.45) is 6.03. The molecular weight excluding hydrogens is 308 g/mol. The molecule has 0 radical (unpaired) electrons. The minimum atomic E-state index is -2.16. The van der Waals surface area contributed by atoms with Crippen molar-refractivity contribution in [3.05, 3.63) is 52.6 Å². The van der Waals surface area contributed by atoms with Crippen LogP contribution >= 0.6 is 0 Å². The monoisotopic (exact) mass is 330 g/mol. The van der Waals surface area contributed by atoms with Crippen molar-refractivity contribution in [1.29, 1.82) is 0 Å². The topological polar surface area (TPSA) is 98.0 Å². The lowest BCUT2D eigenvalue weighted by Crippen LogP contribution is -2.47. The molecule has 128 valence electrons. The number of hydrogen-bond acceptors (Lipinski definition) is 4. The zero-order valence-electron chi connectivity index (χ0n) is 13.4. The summed E-state index contributed by atoms with van der Waals surface area (Å²) in [6, 6.07) is 6.18. The summed E-state index contributed by atoms with van der Waals surface area (Å²) in [7, 11) is 0. The summed E-state index contributed by atoms with van der Waals surface area (Å²) in [5.74, 6) is -1.44. The molecule has 3 rings (SSSR count). The van der Waals surface area contributed by atoms with Gasteiger partial charge in [0.15, 0.2) is 5.60 Å². The number of fused-ring (bicyclic) bond motifs is 1. The third-order valence-electron chi connectivity index (χ3n) is 4.84. The minimum absolute atomic E-state index is 0.205. The summed E-state index contributed by atoms with van der Waals surface area (Å²) in [4.78, 5) is 11.2. The van der Waals surface area contributed by atoms with E-state index in [2.05, 4.69) is 12.1 Å². The molecule has 5 heteroatoms. The van der Waals surface area contributed by atoms with Crippen molar-refractivity contribution in [1.82, 2.24) is 0 Å². The minimum Gasteiger partial charge on any atom is -0.479 e. The first-order valence-corrected chi connectivity index (χ1v) is 8.23. The van der Waals surface area contributed by atoms with Crippen molar-refractivity contribution in [2.24, 2.45) is 0 Å². The Bertz CT molecular complexity index is 706. The van der Waals surface area contributed by atoms with E-state index in [1.165, 1.54) is 24.0 Å². The van der Waals surface area contributed by atoms with Crippen molar-refractivity contribution in [2.75, 3.05) is 0 Å². The molecule has 0 heterocycles. The summed E-state index contributed by atoms with van der Waals surface area (Å²) >= 11 is 0. The number of aliphatic carboxylic acids is 1. The van der Waals surface area contributed by atoms with E-state index in [0.717, 1.165) is 24.5 Å². The van der Waals surface area contributed by atoms with Gasteiger partial charge in [-0.3, -0.25) is 0 Å². The smallest absolute Gasteiger partial charge is 0.339 e. The maximum absolute atomic E-state index is 11.2. The van der Waals surface area contributed by atoms with E-state index in [1.54, 1.807) is 12.2 Å². The number of carbonyl (C=O) groups is 1. The molecule has 5 nitrogen and oxygen atoms in total. The van der Waals surface area contributed by atoms with Crippen molar-refractivity contribution >= 4 is 12.0 Å². The molecule has 0 aromatic heterocycles. The Balaban J connectivity index is 1.87. The van der Waals surface area contributed by atoms with Gasteiger partial charge in [-0.1, -0.05) is 30.4 Å². The molecule has 0 spiro atoms. The molecule has 0 unspecified atom stereocenters. The Kier molecular flexibility index (Phi) is 4.58. The summed E-state index contributed by atoms with van der Waals surface area (Å²) in [6.45, 7) is 0. The normalized spacial score (nSPS) is 30.0. The Labute approximate surface area is 140 Å². The van der Waals surface area contributed by atoms with Crippen LogP contribution in [0.5, 0.6) is 0 Å². The summed E-state index contributed by atoms with van der Waals surface area (Å²) in [5, 5.41) is 39.1. The van der Waals surface area contributed by atoms with Crippen LogP contribution in [0.3, 0.4) is 0 Å². The first-order chi connectivity index (χ1) is 11.4. The van der Waals surface area contributed by atoms with Gasteiger partial charge in [0.25, 0.3) is 0 Å². The predicted molar refractivity (Wildman–Crippen MR) is 89.4 cm³/mol. The van der Waals surface area contributed by atoms with E-state index in [4.69, 9.17) is 5.11 Å². The molecule has 2 aliphatic rings. The van der Waals surface area contributed by atoms with E-state index in [1.807, 2.05) is 6.07 Å². The van der Waals surface area contributed by atoms with Gasteiger partial charge in [0.05, 0.1) is 6.10 Å². The molecule has 0 amide bonds. The van der Waals surface area contributed by atoms with Crippen molar-refractivity contribution < 1.29 is 25.2 Å². The third kappa shape index (κ3) is 3.29. The molecule has 1 aromatic carbocycles. The first kappa shape index (κ1) is 16.9. The Morgan fingerprint density at radius 2 is 1.83 bits per heavy atom. The van der Waals surface area contributed by atoms with Gasteiger partial charge in [-0.15, -0.1) is 0 Å². The SMILES string of the molecule is O=C(O)[C@]1(O)C=C(/C=C/c2ccc3c(c2)CCCC3)[C@@H](O)[C@H](O)C1. The zero-order chi connectivity index (χ0) is 17.3. The fourth-order valence-corrected chi connectivity index (χ4v) is 3.42. The molecule has 2 aliphatic carbocycles. The largest absolute Gasteiger partial charge is 0.479 e. The first-order valence-electron chi connectivity index (χ1n) is 8.23. The van der Waals surface area contributed by atoms with E-state index in [9.17, 15) is 20.1 Å². The maximum Gasteiger partial charge on any atom is 0.339 e. The Morgan fingerprint density at radius 1 is 1.12 bits per heavy atom. The number of rotatable bonds is 3. The molecule has 1 aromatic rings. The van der Waals surface area contributed by atoms with Crippen LogP contribution in [0.4, 0.5) is 0 Å². The number of carboxylic acid groups (broad SMARTS) is 1. The standard InChI is InChI=1S/C19H22O5/c20-16-11-19(24,18(22)23)10-15(17(16)21)8-6-12-5-7-13-3-1-2-4-14(13)9-12/h5-10,16-17,20-21,24H,1-4,11H2,(H,22,23)/b8-6+/t16-,17-,19+/m1/s1. The van der Waals surface area contributed by atoms with Crippen LogP contribution in [0, 0.1) is 0 Å². The van der Waals surface area contributed by atoms with Gasteiger partial charge in [0.2, 0.25) is 0 Å². The van der Waals surface area contributed by atoms with Gasteiger partial charge in [0.1, 0.15) is 6.10 Å². The molecular formula is C19H22O5. The van der Waals surface area contributed by atoms with Gasteiger partial charge < -0.3 is 20.4 Å². The number of carboxylic acids is 1. The van der Waals surface area contributed by atoms with E-state index >= 15 is 0 Å². The average molecular weight is 330 g/mol.